The number of hydrogen-bond donors (Lipinski definition) is 2. The molecule has 0 saturated heterocycles. The highest BCUT2D eigenvalue weighted by Gasteiger charge is 2.09. The van der Waals surface area contributed by atoms with Crippen LogP contribution in [0.5, 0.6) is 5.75 Å². The predicted octanol–water partition coefficient (Wildman–Crippen LogP) is 4.10. The third-order valence-corrected chi connectivity index (χ3v) is 4.16. The number of hydrogen-bond acceptors (Lipinski definition) is 5. The molecular formula is C23H22N2O4. The number of nitrogens with one attached hydrogen (secondary N) is 2. The molecule has 0 aliphatic rings. The largest absolute Gasteiger partial charge is 0.487 e. The molecule has 3 aromatic rings. The molecule has 0 radical (unpaired) electrons. The minimum absolute atomic E-state index is 0.0740. The number of amides is 1. The molecule has 148 valence electrons. The van der Waals surface area contributed by atoms with E-state index in [0.29, 0.717) is 23.6 Å². The highest BCUT2D eigenvalue weighted by atomic mass is 16.5. The van der Waals surface area contributed by atoms with Crippen molar-refractivity contribution in [3.63, 3.8) is 0 Å². The Morgan fingerprint density at radius 3 is 2.28 bits per heavy atom. The van der Waals surface area contributed by atoms with E-state index in [1.165, 1.54) is 7.11 Å². The van der Waals surface area contributed by atoms with Crippen molar-refractivity contribution in [2.45, 2.75) is 6.61 Å². The molecule has 0 bridgehead atoms. The smallest absolute Gasteiger partial charge is 0.337 e. The molecule has 2 N–H and O–H groups in total. The Morgan fingerprint density at radius 1 is 0.862 bits per heavy atom. The second-order valence-electron chi connectivity index (χ2n) is 6.24. The predicted molar refractivity (Wildman–Crippen MR) is 112 cm³/mol. The second kappa shape index (κ2) is 9.94. The maximum Gasteiger partial charge on any atom is 0.337 e. The first kappa shape index (κ1) is 19.9. The van der Waals surface area contributed by atoms with Crippen LogP contribution in [-0.2, 0) is 16.1 Å². The summed E-state index contributed by atoms with van der Waals surface area (Å²) in [5.41, 5.74) is 2.83. The zero-order valence-electron chi connectivity index (χ0n) is 16.1. The Hall–Kier alpha value is -3.80. The first-order valence-corrected chi connectivity index (χ1v) is 9.13. The van der Waals surface area contributed by atoms with Gasteiger partial charge in [0, 0.05) is 5.69 Å². The standard InChI is InChI=1S/C23H22N2O4/c1-28-23(27)18-11-13-19(14-12-18)24-15-22(26)25-20-9-5-6-10-21(20)29-16-17-7-3-2-4-8-17/h2-14,24H,15-16H2,1H3,(H,25,26). The normalized spacial score (nSPS) is 10.1. The van der Waals surface area contributed by atoms with Gasteiger partial charge >= 0.3 is 5.97 Å². The number of rotatable bonds is 8. The van der Waals surface area contributed by atoms with Crippen molar-refractivity contribution in [2.24, 2.45) is 0 Å². The van der Waals surface area contributed by atoms with Crippen LogP contribution in [0.25, 0.3) is 0 Å². The Balaban J connectivity index is 1.54. The first-order valence-electron chi connectivity index (χ1n) is 9.13. The van der Waals surface area contributed by atoms with Crippen LogP contribution < -0.4 is 15.4 Å². The van der Waals surface area contributed by atoms with Gasteiger partial charge in [-0.3, -0.25) is 4.79 Å². The van der Waals surface area contributed by atoms with E-state index in [1.54, 1.807) is 30.3 Å². The second-order valence-corrected chi connectivity index (χ2v) is 6.24. The zero-order valence-corrected chi connectivity index (χ0v) is 16.1. The number of carbonyl (C=O) groups excluding carboxylic acids is 2. The Kier molecular flexibility index (Phi) is 6.84. The number of anilines is 2. The average molecular weight is 390 g/mol. The van der Waals surface area contributed by atoms with E-state index in [2.05, 4.69) is 15.4 Å². The molecule has 0 unspecified atom stereocenters. The van der Waals surface area contributed by atoms with E-state index in [1.807, 2.05) is 48.5 Å². The quantitative estimate of drug-likeness (QED) is 0.566. The number of benzene rings is 3. The van der Waals surface area contributed by atoms with Crippen molar-refractivity contribution < 1.29 is 19.1 Å². The number of methoxy groups -OCH3 is 1. The maximum atomic E-state index is 12.3. The van der Waals surface area contributed by atoms with Gasteiger partial charge < -0.3 is 20.1 Å². The fourth-order valence-electron chi connectivity index (χ4n) is 2.65. The molecule has 29 heavy (non-hydrogen) atoms. The SMILES string of the molecule is COC(=O)c1ccc(NCC(=O)Nc2ccccc2OCc2ccccc2)cc1. The van der Waals surface area contributed by atoms with E-state index in [-0.39, 0.29) is 12.5 Å². The van der Waals surface area contributed by atoms with Gasteiger partial charge in [-0.05, 0) is 42.0 Å². The lowest BCUT2D eigenvalue weighted by molar-refractivity contribution is -0.114. The van der Waals surface area contributed by atoms with Crippen LogP contribution in [0.3, 0.4) is 0 Å². The average Bonchev–Trinajstić information content (AvgIpc) is 2.77. The van der Waals surface area contributed by atoms with Gasteiger partial charge in [0.15, 0.2) is 0 Å². The molecule has 0 heterocycles. The van der Waals surface area contributed by atoms with Crippen LogP contribution in [0.2, 0.25) is 0 Å². The molecule has 0 fully saturated rings. The van der Waals surface area contributed by atoms with Crippen LogP contribution in [0.4, 0.5) is 11.4 Å². The third kappa shape index (κ3) is 5.84. The lowest BCUT2D eigenvalue weighted by Crippen LogP contribution is -2.22. The van der Waals surface area contributed by atoms with Gasteiger partial charge in [-0.1, -0.05) is 42.5 Å². The highest BCUT2D eigenvalue weighted by molar-refractivity contribution is 5.95. The lowest BCUT2D eigenvalue weighted by atomic mass is 10.2. The number of carbonyl (C=O) groups is 2. The van der Waals surface area contributed by atoms with E-state index in [4.69, 9.17) is 4.74 Å². The number of esters is 1. The minimum atomic E-state index is -0.401. The van der Waals surface area contributed by atoms with Crippen LogP contribution in [0.15, 0.2) is 78.9 Å². The summed E-state index contributed by atoms with van der Waals surface area (Å²) < 4.78 is 10.5. The van der Waals surface area contributed by atoms with E-state index < -0.39 is 5.97 Å². The fourth-order valence-corrected chi connectivity index (χ4v) is 2.65. The first-order chi connectivity index (χ1) is 14.2. The lowest BCUT2D eigenvalue weighted by Gasteiger charge is -2.13. The monoisotopic (exact) mass is 390 g/mol. The summed E-state index contributed by atoms with van der Waals surface area (Å²) in [5, 5.41) is 5.88. The Morgan fingerprint density at radius 2 is 1.55 bits per heavy atom. The summed E-state index contributed by atoms with van der Waals surface area (Å²) in [6, 6.07) is 23.8. The molecule has 0 spiro atoms. The molecule has 0 aliphatic heterocycles. The van der Waals surface area contributed by atoms with E-state index in [9.17, 15) is 9.59 Å². The van der Waals surface area contributed by atoms with Crippen LogP contribution in [-0.4, -0.2) is 25.5 Å². The van der Waals surface area contributed by atoms with Gasteiger partial charge in [-0.2, -0.15) is 0 Å². The Labute approximate surface area is 169 Å². The van der Waals surface area contributed by atoms with Gasteiger partial charge in [-0.15, -0.1) is 0 Å². The summed E-state index contributed by atoms with van der Waals surface area (Å²) >= 11 is 0. The molecule has 6 heteroatoms. The van der Waals surface area contributed by atoms with Crippen molar-refractivity contribution >= 4 is 23.3 Å². The van der Waals surface area contributed by atoms with Crippen molar-refractivity contribution in [3.05, 3.63) is 90.0 Å². The zero-order chi connectivity index (χ0) is 20.5. The van der Waals surface area contributed by atoms with Crippen molar-refractivity contribution in [1.82, 2.24) is 0 Å². The molecule has 6 nitrogen and oxygen atoms in total. The highest BCUT2D eigenvalue weighted by Crippen LogP contribution is 2.24. The topological polar surface area (TPSA) is 76.7 Å². The van der Waals surface area contributed by atoms with Gasteiger partial charge in [0.1, 0.15) is 12.4 Å². The molecule has 3 aromatic carbocycles. The fraction of sp³-hybridized carbons (Fsp3) is 0.130. The van der Waals surface area contributed by atoms with Gasteiger partial charge in [0.25, 0.3) is 0 Å². The molecule has 0 aliphatic carbocycles. The summed E-state index contributed by atoms with van der Waals surface area (Å²) in [7, 11) is 1.33. The molecule has 1 amide bonds. The van der Waals surface area contributed by atoms with Crippen LogP contribution >= 0.6 is 0 Å². The number of ether oxygens (including phenoxy) is 2. The molecule has 0 saturated carbocycles. The van der Waals surface area contributed by atoms with E-state index in [0.717, 1.165) is 11.3 Å². The van der Waals surface area contributed by atoms with Crippen LogP contribution in [0, 0.1) is 0 Å². The van der Waals surface area contributed by atoms with Crippen molar-refractivity contribution in [2.75, 3.05) is 24.3 Å². The maximum absolute atomic E-state index is 12.3. The van der Waals surface area contributed by atoms with Gasteiger partial charge in [0.2, 0.25) is 5.91 Å². The summed E-state index contributed by atoms with van der Waals surface area (Å²) in [6.45, 7) is 0.489. The number of para-hydroxylation sites is 2. The molecule has 0 atom stereocenters. The summed E-state index contributed by atoms with van der Waals surface area (Å²) in [4.78, 5) is 23.8. The van der Waals surface area contributed by atoms with E-state index >= 15 is 0 Å². The molecular weight excluding hydrogens is 368 g/mol. The third-order valence-electron chi connectivity index (χ3n) is 4.16. The van der Waals surface area contributed by atoms with Crippen molar-refractivity contribution in [1.29, 1.82) is 0 Å². The van der Waals surface area contributed by atoms with Crippen LogP contribution in [0.1, 0.15) is 15.9 Å². The van der Waals surface area contributed by atoms with Gasteiger partial charge in [0.05, 0.1) is 24.9 Å². The summed E-state index contributed by atoms with van der Waals surface area (Å²) in [6.07, 6.45) is 0. The minimum Gasteiger partial charge on any atom is -0.487 e. The van der Waals surface area contributed by atoms with Crippen molar-refractivity contribution in [3.8, 4) is 5.75 Å². The van der Waals surface area contributed by atoms with Gasteiger partial charge in [-0.25, -0.2) is 4.79 Å². The molecule has 0 aromatic heterocycles. The Bertz CT molecular complexity index is 956. The summed E-state index contributed by atoms with van der Waals surface area (Å²) in [5.74, 6) is -0.00802. The molecule has 3 rings (SSSR count).